The molecule has 128 valence electrons. The van der Waals surface area contributed by atoms with Crippen LogP contribution in [0.2, 0.25) is 0 Å². The summed E-state index contributed by atoms with van der Waals surface area (Å²) in [7, 11) is 0. The quantitative estimate of drug-likeness (QED) is 0.273. The molecular weight excluding hydrogens is 302 g/mol. The van der Waals surface area contributed by atoms with Crippen molar-refractivity contribution in [3.8, 4) is 0 Å². The Morgan fingerprint density at radius 2 is 1.32 bits per heavy atom. The minimum Gasteiger partial charge on any atom is -0.481 e. The molecule has 1 unspecified atom stereocenters. The second-order valence-electron chi connectivity index (χ2n) is 5.83. The molecule has 0 aliphatic carbocycles. The van der Waals surface area contributed by atoms with Gasteiger partial charge < -0.3 is 30.4 Å². The third-order valence-corrected chi connectivity index (χ3v) is 2.47. The number of carboxylic acids is 2. The summed E-state index contributed by atoms with van der Waals surface area (Å²) in [6.07, 6.45) is -2.40. The van der Waals surface area contributed by atoms with Crippen molar-refractivity contribution in [2.24, 2.45) is 0 Å². The fourth-order valence-corrected chi connectivity index (χ4v) is 1.73. The SMILES string of the molecule is CC(C)(O)N(OC(=O)CC(O)(CC(=O)O)C(=O)O)C(C)(C)O. The lowest BCUT2D eigenvalue weighted by molar-refractivity contribution is -0.347. The van der Waals surface area contributed by atoms with E-state index in [4.69, 9.17) is 10.2 Å². The van der Waals surface area contributed by atoms with Crippen LogP contribution in [0.3, 0.4) is 0 Å². The molecule has 0 amide bonds. The second kappa shape index (κ2) is 6.57. The topological polar surface area (TPSA) is 165 Å². The molecule has 0 heterocycles. The molecule has 0 aromatic heterocycles. The summed E-state index contributed by atoms with van der Waals surface area (Å²) >= 11 is 0. The van der Waals surface area contributed by atoms with Crippen molar-refractivity contribution in [3.63, 3.8) is 0 Å². The van der Waals surface area contributed by atoms with Crippen molar-refractivity contribution in [1.29, 1.82) is 0 Å². The van der Waals surface area contributed by atoms with Gasteiger partial charge in [0.25, 0.3) is 0 Å². The number of rotatable bonds is 8. The Morgan fingerprint density at radius 3 is 1.59 bits per heavy atom. The minimum atomic E-state index is -2.87. The van der Waals surface area contributed by atoms with E-state index in [1.165, 1.54) is 27.7 Å². The largest absolute Gasteiger partial charge is 0.481 e. The van der Waals surface area contributed by atoms with E-state index in [0.717, 1.165) is 0 Å². The van der Waals surface area contributed by atoms with Gasteiger partial charge in [-0.2, -0.15) is 0 Å². The molecule has 0 aliphatic rings. The van der Waals surface area contributed by atoms with E-state index >= 15 is 0 Å². The molecule has 0 aromatic carbocycles. The lowest BCUT2D eigenvalue weighted by atomic mass is 9.96. The molecule has 10 heteroatoms. The van der Waals surface area contributed by atoms with E-state index in [9.17, 15) is 29.7 Å². The number of aliphatic hydroxyl groups is 3. The van der Waals surface area contributed by atoms with Gasteiger partial charge in [0, 0.05) is 0 Å². The molecule has 0 aromatic rings. The van der Waals surface area contributed by atoms with E-state index in [1.807, 2.05) is 0 Å². The monoisotopic (exact) mass is 323 g/mol. The zero-order valence-electron chi connectivity index (χ0n) is 12.7. The fraction of sp³-hybridized carbons (Fsp3) is 0.750. The van der Waals surface area contributed by atoms with Crippen molar-refractivity contribution >= 4 is 17.9 Å². The van der Waals surface area contributed by atoms with E-state index in [1.54, 1.807) is 0 Å². The summed E-state index contributed by atoms with van der Waals surface area (Å²) in [4.78, 5) is 37.9. The second-order valence-corrected chi connectivity index (χ2v) is 5.83. The number of hydroxylamine groups is 2. The van der Waals surface area contributed by atoms with Crippen molar-refractivity contribution in [2.45, 2.75) is 57.6 Å². The van der Waals surface area contributed by atoms with Crippen LogP contribution in [0.25, 0.3) is 0 Å². The van der Waals surface area contributed by atoms with Gasteiger partial charge in [-0.25, -0.2) is 4.79 Å². The minimum absolute atomic E-state index is 0.491. The zero-order valence-corrected chi connectivity index (χ0v) is 12.7. The summed E-state index contributed by atoms with van der Waals surface area (Å²) in [5, 5.41) is 47.3. The molecule has 0 bridgehead atoms. The maximum Gasteiger partial charge on any atom is 0.336 e. The smallest absolute Gasteiger partial charge is 0.336 e. The Bertz CT molecular complexity index is 434. The van der Waals surface area contributed by atoms with Gasteiger partial charge in [-0.3, -0.25) is 9.59 Å². The first kappa shape index (κ1) is 20.2. The van der Waals surface area contributed by atoms with Crippen LogP contribution < -0.4 is 0 Å². The van der Waals surface area contributed by atoms with Gasteiger partial charge in [-0.1, -0.05) is 5.06 Å². The number of carbonyl (C=O) groups excluding carboxylic acids is 1. The van der Waals surface area contributed by atoms with Crippen LogP contribution in [0.4, 0.5) is 0 Å². The maximum absolute atomic E-state index is 11.7. The fourth-order valence-electron chi connectivity index (χ4n) is 1.73. The highest BCUT2D eigenvalue weighted by Gasteiger charge is 2.44. The Kier molecular flexibility index (Phi) is 6.04. The first-order chi connectivity index (χ1) is 9.59. The summed E-state index contributed by atoms with van der Waals surface area (Å²) in [6, 6.07) is 0. The van der Waals surface area contributed by atoms with Crippen molar-refractivity contribution in [2.75, 3.05) is 0 Å². The average Bonchev–Trinajstić information content (AvgIpc) is 2.21. The molecule has 0 saturated carbocycles. The Hall–Kier alpha value is -1.75. The highest BCUT2D eigenvalue weighted by molar-refractivity contribution is 5.88. The summed E-state index contributed by atoms with van der Waals surface area (Å²) in [5.41, 5.74) is -6.50. The molecule has 0 aliphatic heterocycles. The van der Waals surface area contributed by atoms with Gasteiger partial charge in [0.05, 0.1) is 12.8 Å². The number of hydrogen-bond donors (Lipinski definition) is 5. The third kappa shape index (κ3) is 5.93. The standard InChI is InChI=1S/C12H21NO9/c1-10(2,19)13(11(3,4)20)22-8(16)6-12(21,9(17)18)5-7(14)15/h19-21H,5-6H2,1-4H3,(H,14,15)(H,17,18). The number of hydrogen-bond acceptors (Lipinski definition) is 8. The van der Waals surface area contributed by atoms with Crippen LogP contribution in [-0.2, 0) is 19.2 Å². The molecule has 0 radical (unpaired) electrons. The van der Waals surface area contributed by atoms with Crippen LogP contribution in [0.15, 0.2) is 0 Å². The van der Waals surface area contributed by atoms with E-state index in [0.29, 0.717) is 5.06 Å². The van der Waals surface area contributed by atoms with E-state index in [2.05, 4.69) is 4.84 Å². The molecule has 5 N–H and O–H groups in total. The van der Waals surface area contributed by atoms with Gasteiger partial charge in [-0.15, -0.1) is 0 Å². The summed E-state index contributed by atoms with van der Waals surface area (Å²) in [5.74, 6) is -4.88. The lowest BCUT2D eigenvalue weighted by Crippen LogP contribution is -2.56. The van der Waals surface area contributed by atoms with Crippen LogP contribution in [0, 0.1) is 0 Å². The van der Waals surface area contributed by atoms with Crippen LogP contribution in [-0.4, -0.2) is 65.6 Å². The lowest BCUT2D eigenvalue weighted by Gasteiger charge is -2.40. The molecule has 1 atom stereocenters. The summed E-state index contributed by atoms with van der Waals surface area (Å²) in [6.45, 7) is 4.77. The van der Waals surface area contributed by atoms with Crippen LogP contribution >= 0.6 is 0 Å². The number of carbonyl (C=O) groups is 3. The van der Waals surface area contributed by atoms with Gasteiger partial charge in [-0.05, 0) is 27.7 Å². The number of nitrogens with zero attached hydrogens (tertiary/aromatic N) is 1. The van der Waals surface area contributed by atoms with Crippen molar-refractivity contribution in [1.82, 2.24) is 5.06 Å². The van der Waals surface area contributed by atoms with Crippen molar-refractivity contribution < 1.29 is 44.8 Å². The molecule has 10 nitrogen and oxygen atoms in total. The van der Waals surface area contributed by atoms with Gasteiger partial charge >= 0.3 is 17.9 Å². The molecular formula is C12H21NO9. The third-order valence-electron chi connectivity index (χ3n) is 2.47. The van der Waals surface area contributed by atoms with Gasteiger partial charge in [0.2, 0.25) is 0 Å². The Labute approximate surface area is 126 Å². The summed E-state index contributed by atoms with van der Waals surface area (Å²) < 4.78 is 0. The van der Waals surface area contributed by atoms with Gasteiger partial charge in [0.1, 0.15) is 11.4 Å². The highest BCUT2D eigenvalue weighted by atomic mass is 16.7. The highest BCUT2D eigenvalue weighted by Crippen LogP contribution is 2.24. The predicted molar refractivity (Wildman–Crippen MR) is 70.0 cm³/mol. The first-order valence-electron chi connectivity index (χ1n) is 6.23. The Balaban J connectivity index is 5.18. The molecule has 0 saturated heterocycles. The molecule has 0 fully saturated rings. The maximum atomic E-state index is 11.7. The Morgan fingerprint density at radius 1 is 0.909 bits per heavy atom. The molecule has 22 heavy (non-hydrogen) atoms. The molecule has 0 spiro atoms. The normalized spacial score (nSPS) is 15.3. The number of carboxylic acid groups (broad SMARTS) is 2. The van der Waals surface area contributed by atoms with Crippen LogP contribution in [0.1, 0.15) is 40.5 Å². The van der Waals surface area contributed by atoms with Gasteiger partial charge in [0.15, 0.2) is 5.60 Å². The zero-order chi connectivity index (χ0) is 17.9. The average molecular weight is 323 g/mol. The van der Waals surface area contributed by atoms with E-state index in [-0.39, 0.29) is 0 Å². The van der Waals surface area contributed by atoms with Crippen molar-refractivity contribution in [3.05, 3.63) is 0 Å². The first-order valence-corrected chi connectivity index (χ1v) is 6.23. The number of aliphatic carboxylic acids is 2. The molecule has 0 rings (SSSR count). The van der Waals surface area contributed by atoms with E-state index < -0.39 is 47.8 Å². The predicted octanol–water partition coefficient (Wildman–Crippen LogP) is -1.12. The van der Waals surface area contributed by atoms with Crippen LogP contribution in [0.5, 0.6) is 0 Å².